The Hall–Kier alpha value is -3.12. The van der Waals surface area contributed by atoms with Crippen molar-refractivity contribution in [3.8, 4) is 51.4 Å². The lowest BCUT2D eigenvalue weighted by Crippen LogP contribution is -2.41. The van der Waals surface area contributed by atoms with Crippen molar-refractivity contribution in [2.24, 2.45) is 17.8 Å². The molecule has 0 amide bonds. The number of hydrogen-bond acceptors (Lipinski definition) is 11. The minimum Gasteiger partial charge on any atom is -0.508 e. The average molecular weight is 739 g/mol. The van der Waals surface area contributed by atoms with Crippen molar-refractivity contribution < 1.29 is 44.5 Å². The molecule has 7 atom stereocenters. The van der Waals surface area contributed by atoms with Gasteiger partial charge in [0, 0.05) is 39.7 Å². The summed E-state index contributed by atoms with van der Waals surface area (Å²) in [6.45, 7) is 6.82. The first-order valence-corrected chi connectivity index (χ1v) is 20.6. The Labute approximate surface area is 308 Å². The van der Waals surface area contributed by atoms with Gasteiger partial charge in [0.25, 0.3) is 0 Å². The molecule has 0 radical (unpaired) electrons. The molecule has 9 nitrogen and oxygen atoms in total. The molecule has 0 unspecified atom stereocenters. The maximum absolute atomic E-state index is 12.7. The summed E-state index contributed by atoms with van der Waals surface area (Å²) in [5, 5.41) is 55.9. The van der Waals surface area contributed by atoms with E-state index in [2.05, 4.69) is 20.8 Å². The molecule has 2 aliphatic heterocycles. The first-order valence-electron chi connectivity index (χ1n) is 18.3. The van der Waals surface area contributed by atoms with E-state index in [4.69, 9.17) is 18.9 Å². The van der Waals surface area contributed by atoms with Crippen LogP contribution in [0.4, 0.5) is 0 Å². The van der Waals surface area contributed by atoms with E-state index in [0.717, 1.165) is 65.7 Å². The number of benzene rings is 3. The van der Waals surface area contributed by atoms with Crippen molar-refractivity contribution in [3.63, 3.8) is 0 Å². The molecule has 1 saturated heterocycles. The van der Waals surface area contributed by atoms with Crippen LogP contribution in [0.5, 0.6) is 40.2 Å². The van der Waals surface area contributed by atoms with Crippen molar-refractivity contribution in [2.45, 2.75) is 88.6 Å². The molecule has 3 aromatic rings. The van der Waals surface area contributed by atoms with Gasteiger partial charge in [0.15, 0.2) is 17.6 Å². The van der Waals surface area contributed by atoms with Gasteiger partial charge in [-0.1, -0.05) is 48.4 Å². The van der Waals surface area contributed by atoms with E-state index in [1.54, 1.807) is 12.1 Å². The molecular weight excluding hydrogens is 689 g/mol. The summed E-state index contributed by atoms with van der Waals surface area (Å²) in [4.78, 5) is 0. The molecule has 3 aromatic carbocycles. The largest absolute Gasteiger partial charge is 0.508 e. The van der Waals surface area contributed by atoms with Crippen LogP contribution < -0.4 is 18.9 Å². The number of aliphatic hydroxyl groups is 2. The van der Waals surface area contributed by atoms with Crippen LogP contribution in [-0.4, -0.2) is 69.6 Å². The molecular formula is C40H50O9S2. The predicted octanol–water partition coefficient (Wildman–Crippen LogP) is 8.08. The van der Waals surface area contributed by atoms with Crippen molar-refractivity contribution >= 4 is 21.6 Å². The lowest BCUT2D eigenvalue weighted by atomic mass is 9.67. The predicted molar refractivity (Wildman–Crippen MR) is 201 cm³/mol. The van der Waals surface area contributed by atoms with Crippen LogP contribution in [0.15, 0.2) is 30.3 Å². The number of hydrogen-bond donors (Lipinski definition) is 5. The van der Waals surface area contributed by atoms with E-state index in [1.807, 2.05) is 39.8 Å². The summed E-state index contributed by atoms with van der Waals surface area (Å²) in [7, 11) is 5.08. The zero-order chi connectivity index (χ0) is 36.0. The first kappa shape index (κ1) is 36.2. The maximum Gasteiger partial charge on any atom is 0.207 e. The first-order chi connectivity index (χ1) is 24.6. The lowest BCUT2D eigenvalue weighted by Gasteiger charge is -2.45. The molecule has 0 saturated carbocycles. The minimum atomic E-state index is -1.07. The van der Waals surface area contributed by atoms with Crippen molar-refractivity contribution in [2.75, 3.05) is 32.7 Å². The lowest BCUT2D eigenvalue weighted by molar-refractivity contribution is -0.00382. The fraction of sp³-hybridized carbons (Fsp3) is 0.550. The van der Waals surface area contributed by atoms with Crippen LogP contribution in [-0.2, 0) is 6.42 Å². The maximum atomic E-state index is 12.7. The zero-order valence-corrected chi connectivity index (χ0v) is 31.4. The summed E-state index contributed by atoms with van der Waals surface area (Å²) >= 11 is 0. The molecule has 2 aliphatic carbocycles. The average Bonchev–Trinajstić information content (AvgIpc) is 3.19. The van der Waals surface area contributed by atoms with Crippen LogP contribution in [0.3, 0.4) is 0 Å². The summed E-state index contributed by atoms with van der Waals surface area (Å²) in [6, 6.07) is 9.02. The van der Waals surface area contributed by atoms with Crippen LogP contribution >= 0.6 is 21.6 Å². The van der Waals surface area contributed by atoms with Crippen LogP contribution in [0.2, 0.25) is 0 Å². The molecule has 11 heteroatoms. The molecule has 51 heavy (non-hydrogen) atoms. The molecule has 4 bridgehead atoms. The van der Waals surface area contributed by atoms with Crippen molar-refractivity contribution in [3.05, 3.63) is 52.6 Å². The quantitative estimate of drug-likeness (QED) is 0.136. The van der Waals surface area contributed by atoms with E-state index in [9.17, 15) is 25.5 Å². The summed E-state index contributed by atoms with van der Waals surface area (Å²) in [5.74, 6) is 2.92. The second kappa shape index (κ2) is 15.1. The summed E-state index contributed by atoms with van der Waals surface area (Å²) in [6.07, 6.45) is 3.38. The van der Waals surface area contributed by atoms with E-state index in [0.29, 0.717) is 42.3 Å². The molecule has 7 rings (SSSR count). The fourth-order valence-electron chi connectivity index (χ4n) is 8.67. The van der Waals surface area contributed by atoms with E-state index in [-0.39, 0.29) is 64.6 Å². The van der Waals surface area contributed by atoms with Gasteiger partial charge in [-0.05, 0) is 97.1 Å². The Bertz CT molecular complexity index is 1750. The standard InChI is InChI=1S/C40H50O9S2/c1-20(2)9-12-47-31-18-28(36(43)40(46-4)37(31)44)39-38(45)35-32-8-5-22(21(3)10-14-50-51-32)15-23-16-27-33(25-7-6-24(42)17-26(23)25)29(48-13-11-41)19-30(49-39)34(27)35/h6-7,17-23,32,35,38-39,41-45H,5,8-16H2,1-4H3/t21-,22+,23-,32+,35-,38-,39+/m1/s1. The van der Waals surface area contributed by atoms with Gasteiger partial charge in [-0.2, -0.15) is 0 Å². The van der Waals surface area contributed by atoms with Gasteiger partial charge in [0.1, 0.15) is 30.0 Å². The van der Waals surface area contributed by atoms with Gasteiger partial charge in [-0.25, -0.2) is 0 Å². The van der Waals surface area contributed by atoms with Gasteiger partial charge in [0.2, 0.25) is 11.5 Å². The fourth-order valence-corrected chi connectivity index (χ4v) is 11.8. The highest BCUT2D eigenvalue weighted by atomic mass is 33.1. The highest BCUT2D eigenvalue weighted by Crippen LogP contribution is 2.60. The Morgan fingerprint density at radius 2 is 1.76 bits per heavy atom. The second-order valence-corrected chi connectivity index (χ2v) is 17.7. The van der Waals surface area contributed by atoms with Gasteiger partial charge in [-0.3, -0.25) is 0 Å². The van der Waals surface area contributed by atoms with Crippen molar-refractivity contribution in [1.82, 2.24) is 0 Å². The molecule has 0 aromatic heterocycles. The molecule has 0 spiro atoms. The normalized spacial score (nSPS) is 26.7. The highest BCUT2D eigenvalue weighted by Gasteiger charge is 2.48. The topological polar surface area (TPSA) is 138 Å². The van der Waals surface area contributed by atoms with Crippen LogP contribution in [0, 0.1) is 17.8 Å². The molecule has 2 heterocycles. The number of aliphatic hydroxyl groups excluding tert-OH is 2. The highest BCUT2D eigenvalue weighted by molar-refractivity contribution is 8.76. The molecule has 1 fully saturated rings. The number of fused-ring (bicyclic) bond motifs is 8. The van der Waals surface area contributed by atoms with Crippen molar-refractivity contribution in [1.29, 1.82) is 0 Å². The second-order valence-electron chi connectivity index (χ2n) is 15.0. The summed E-state index contributed by atoms with van der Waals surface area (Å²) in [5.41, 5.74) is 5.30. The van der Waals surface area contributed by atoms with Crippen LogP contribution in [0.1, 0.15) is 93.1 Å². The Balaban J connectivity index is 1.45. The molecule has 276 valence electrons. The smallest absolute Gasteiger partial charge is 0.207 e. The van der Waals surface area contributed by atoms with E-state index < -0.39 is 12.2 Å². The number of rotatable bonds is 9. The number of aromatic hydroxyl groups is 3. The summed E-state index contributed by atoms with van der Waals surface area (Å²) < 4.78 is 24.6. The molecule has 5 N–H and O–H groups in total. The van der Waals surface area contributed by atoms with Gasteiger partial charge in [0.05, 0.1) is 20.3 Å². The minimum absolute atomic E-state index is 0.0388. The Kier molecular flexibility index (Phi) is 10.7. The number of phenols is 3. The third-order valence-corrected chi connectivity index (χ3v) is 14.3. The van der Waals surface area contributed by atoms with Gasteiger partial charge < -0.3 is 44.5 Å². The third-order valence-electron chi connectivity index (χ3n) is 11.4. The number of methoxy groups -OCH3 is 1. The SMILES string of the molecule is COc1c(O)c(OCCC(C)C)cc([C@@H]2Oc3cc(OCCO)c4c5c3[C@H]([C@H]2O)[C@@H]2CC[C@@H](C[C@H](C5)c3cc(O)ccc3-4)[C@H](C)CCSS2)c1O. The Morgan fingerprint density at radius 1 is 0.961 bits per heavy atom. The number of phenolic OH excluding ortho intramolecular Hbond substituents is 3. The zero-order valence-electron chi connectivity index (χ0n) is 29.8. The third kappa shape index (κ3) is 6.80. The Morgan fingerprint density at radius 3 is 2.53 bits per heavy atom. The van der Waals surface area contributed by atoms with Gasteiger partial charge in [-0.15, -0.1) is 0 Å². The number of ether oxygens (including phenoxy) is 4. The van der Waals surface area contributed by atoms with Gasteiger partial charge >= 0.3 is 0 Å². The van der Waals surface area contributed by atoms with Crippen LogP contribution in [0.25, 0.3) is 11.1 Å². The molecule has 4 aliphatic rings. The monoisotopic (exact) mass is 738 g/mol. The van der Waals surface area contributed by atoms with E-state index >= 15 is 0 Å². The van der Waals surface area contributed by atoms with E-state index in [1.165, 1.54) is 7.11 Å².